The molecule has 1 rings (SSSR count). The summed E-state index contributed by atoms with van der Waals surface area (Å²) in [7, 11) is 0. The van der Waals surface area contributed by atoms with Crippen molar-refractivity contribution in [1.82, 2.24) is 15.5 Å². The van der Waals surface area contributed by atoms with E-state index in [9.17, 15) is 14.4 Å². The fraction of sp³-hybridized carbons (Fsp3) is 0.750. The van der Waals surface area contributed by atoms with E-state index < -0.39 is 11.9 Å². The van der Waals surface area contributed by atoms with E-state index in [1.54, 1.807) is 0 Å². The lowest BCUT2D eigenvalue weighted by atomic mass is 10.0. The van der Waals surface area contributed by atoms with Gasteiger partial charge in [-0.3, -0.25) is 9.59 Å². The predicted octanol–water partition coefficient (Wildman–Crippen LogP) is -0.125. The summed E-state index contributed by atoms with van der Waals surface area (Å²) in [5.41, 5.74) is 0. The van der Waals surface area contributed by atoms with Crippen LogP contribution in [0.2, 0.25) is 0 Å². The first-order valence-corrected chi connectivity index (χ1v) is 6.42. The Bertz CT molecular complexity index is 351. The number of carboxylic acid groups (broad SMARTS) is 1. The van der Waals surface area contributed by atoms with E-state index in [1.807, 2.05) is 13.8 Å². The van der Waals surface area contributed by atoms with Gasteiger partial charge in [0, 0.05) is 32.6 Å². The summed E-state index contributed by atoms with van der Waals surface area (Å²) in [6, 6.07) is -0.311. The van der Waals surface area contributed by atoms with Gasteiger partial charge in [-0.05, 0) is 5.92 Å². The second-order valence-corrected chi connectivity index (χ2v) is 5.12. The van der Waals surface area contributed by atoms with Crippen LogP contribution < -0.4 is 10.6 Å². The third kappa shape index (κ3) is 5.15. The van der Waals surface area contributed by atoms with Crippen molar-refractivity contribution in [2.75, 3.05) is 26.2 Å². The average Bonchev–Trinajstić information content (AvgIpc) is 2.23. The Hall–Kier alpha value is -1.79. The van der Waals surface area contributed by atoms with Crippen LogP contribution in [0.25, 0.3) is 0 Å². The highest BCUT2D eigenvalue weighted by Gasteiger charge is 2.35. The fourth-order valence-electron chi connectivity index (χ4n) is 1.60. The van der Waals surface area contributed by atoms with Crippen LogP contribution in [-0.2, 0) is 9.59 Å². The van der Waals surface area contributed by atoms with Gasteiger partial charge >= 0.3 is 12.0 Å². The van der Waals surface area contributed by atoms with Gasteiger partial charge in [-0.2, -0.15) is 0 Å². The molecule has 7 nitrogen and oxygen atoms in total. The lowest BCUT2D eigenvalue weighted by Gasteiger charge is -2.36. The van der Waals surface area contributed by atoms with Gasteiger partial charge in [-0.1, -0.05) is 13.8 Å². The summed E-state index contributed by atoms with van der Waals surface area (Å²) in [5.74, 6) is -1.04. The molecule has 1 heterocycles. The Labute approximate surface area is 112 Å². The number of carbonyl (C=O) groups is 3. The minimum Gasteiger partial charge on any atom is -0.481 e. The van der Waals surface area contributed by atoms with Crippen molar-refractivity contribution in [3.63, 3.8) is 0 Å². The largest absolute Gasteiger partial charge is 0.481 e. The van der Waals surface area contributed by atoms with Crippen LogP contribution >= 0.6 is 0 Å². The van der Waals surface area contributed by atoms with Crippen molar-refractivity contribution >= 4 is 17.9 Å². The van der Waals surface area contributed by atoms with Gasteiger partial charge in [0.25, 0.3) is 0 Å². The molecule has 0 aliphatic carbocycles. The van der Waals surface area contributed by atoms with E-state index in [4.69, 9.17) is 5.11 Å². The van der Waals surface area contributed by atoms with Gasteiger partial charge in [-0.15, -0.1) is 0 Å². The van der Waals surface area contributed by atoms with Crippen molar-refractivity contribution in [1.29, 1.82) is 0 Å². The first-order valence-electron chi connectivity index (χ1n) is 6.42. The maximum atomic E-state index is 11.5. The SMILES string of the molecule is CC(C)CNC(=O)CCNC(=O)N1CC(C(=O)O)C1. The number of nitrogens with zero attached hydrogens (tertiary/aromatic N) is 1. The monoisotopic (exact) mass is 271 g/mol. The van der Waals surface area contributed by atoms with Gasteiger partial charge in [0.15, 0.2) is 0 Å². The molecule has 7 heteroatoms. The van der Waals surface area contributed by atoms with E-state index >= 15 is 0 Å². The molecule has 1 saturated heterocycles. The predicted molar refractivity (Wildman–Crippen MR) is 68.6 cm³/mol. The van der Waals surface area contributed by atoms with Gasteiger partial charge in [0.2, 0.25) is 5.91 Å². The molecule has 3 amide bonds. The second-order valence-electron chi connectivity index (χ2n) is 5.12. The quantitative estimate of drug-likeness (QED) is 0.627. The van der Waals surface area contributed by atoms with Crippen molar-refractivity contribution in [2.45, 2.75) is 20.3 Å². The molecule has 0 aromatic rings. The number of hydrogen-bond donors (Lipinski definition) is 3. The Morgan fingerprint density at radius 3 is 2.42 bits per heavy atom. The Morgan fingerprint density at radius 2 is 1.89 bits per heavy atom. The molecule has 0 atom stereocenters. The minimum atomic E-state index is -0.878. The van der Waals surface area contributed by atoms with E-state index in [2.05, 4.69) is 10.6 Å². The minimum absolute atomic E-state index is 0.0963. The smallest absolute Gasteiger partial charge is 0.317 e. The number of carbonyl (C=O) groups excluding carboxylic acids is 2. The summed E-state index contributed by atoms with van der Waals surface area (Å²) in [6.07, 6.45) is 0.231. The average molecular weight is 271 g/mol. The summed E-state index contributed by atoms with van der Waals surface area (Å²) >= 11 is 0. The molecule has 0 aromatic carbocycles. The first kappa shape index (κ1) is 15.3. The fourth-order valence-corrected chi connectivity index (χ4v) is 1.60. The summed E-state index contributed by atoms with van der Waals surface area (Å²) in [4.78, 5) is 34.9. The number of amides is 3. The van der Waals surface area contributed by atoms with Crippen LogP contribution in [0.1, 0.15) is 20.3 Å². The van der Waals surface area contributed by atoms with Gasteiger partial charge in [0.05, 0.1) is 5.92 Å². The van der Waals surface area contributed by atoms with Crippen LogP contribution in [0.4, 0.5) is 4.79 Å². The first-order chi connectivity index (χ1) is 8.90. The normalized spacial score (nSPS) is 15.0. The Morgan fingerprint density at radius 1 is 1.26 bits per heavy atom. The number of hydrogen-bond acceptors (Lipinski definition) is 3. The molecule has 1 aliphatic heterocycles. The molecule has 0 spiro atoms. The van der Waals surface area contributed by atoms with Crippen molar-refractivity contribution < 1.29 is 19.5 Å². The summed E-state index contributed by atoms with van der Waals surface area (Å²) in [5, 5.41) is 14.0. The Kier molecular flexibility index (Phi) is 5.59. The number of carboxylic acids is 1. The molecule has 0 aromatic heterocycles. The van der Waals surface area contributed by atoms with Crippen molar-refractivity contribution in [3.05, 3.63) is 0 Å². The van der Waals surface area contributed by atoms with Gasteiger partial charge in [-0.25, -0.2) is 4.79 Å². The van der Waals surface area contributed by atoms with Gasteiger partial charge < -0.3 is 20.6 Å². The number of urea groups is 1. The molecule has 108 valence electrons. The van der Waals surface area contributed by atoms with Crippen LogP contribution in [0.3, 0.4) is 0 Å². The zero-order chi connectivity index (χ0) is 14.4. The second kappa shape index (κ2) is 6.96. The summed E-state index contributed by atoms with van der Waals surface area (Å²) in [6.45, 7) is 5.37. The van der Waals surface area contributed by atoms with Crippen LogP contribution in [0.15, 0.2) is 0 Å². The molecular formula is C12H21N3O4. The van der Waals surface area contributed by atoms with Crippen LogP contribution in [-0.4, -0.2) is 54.1 Å². The van der Waals surface area contributed by atoms with Crippen LogP contribution in [0.5, 0.6) is 0 Å². The number of rotatable bonds is 6. The standard InChI is InChI=1S/C12H21N3O4/c1-8(2)5-14-10(16)3-4-13-12(19)15-6-9(7-15)11(17)18/h8-9H,3-7H2,1-2H3,(H,13,19)(H,14,16)(H,17,18). The van der Waals surface area contributed by atoms with E-state index in [0.717, 1.165) is 0 Å². The number of nitrogens with one attached hydrogen (secondary N) is 2. The van der Waals surface area contributed by atoms with E-state index in [-0.39, 0.29) is 38.0 Å². The highest BCUT2D eigenvalue weighted by Crippen LogP contribution is 2.14. The van der Waals surface area contributed by atoms with Crippen molar-refractivity contribution in [3.8, 4) is 0 Å². The lowest BCUT2D eigenvalue weighted by Crippen LogP contribution is -2.56. The maximum absolute atomic E-state index is 11.5. The molecule has 1 aliphatic rings. The maximum Gasteiger partial charge on any atom is 0.317 e. The van der Waals surface area contributed by atoms with E-state index in [1.165, 1.54) is 4.90 Å². The highest BCUT2D eigenvalue weighted by atomic mass is 16.4. The van der Waals surface area contributed by atoms with Crippen molar-refractivity contribution in [2.24, 2.45) is 11.8 Å². The van der Waals surface area contributed by atoms with Crippen LogP contribution in [0, 0.1) is 11.8 Å². The third-order valence-corrected chi connectivity index (χ3v) is 2.85. The number of likely N-dealkylation sites (tertiary alicyclic amines) is 1. The molecule has 0 saturated carbocycles. The zero-order valence-electron chi connectivity index (χ0n) is 11.3. The lowest BCUT2D eigenvalue weighted by molar-refractivity contribution is -0.146. The molecule has 0 unspecified atom stereocenters. The molecule has 0 bridgehead atoms. The summed E-state index contributed by atoms with van der Waals surface area (Å²) < 4.78 is 0. The zero-order valence-corrected chi connectivity index (χ0v) is 11.3. The van der Waals surface area contributed by atoms with E-state index in [0.29, 0.717) is 12.5 Å². The molecule has 19 heavy (non-hydrogen) atoms. The molecule has 3 N–H and O–H groups in total. The third-order valence-electron chi connectivity index (χ3n) is 2.85. The molecule has 1 fully saturated rings. The topological polar surface area (TPSA) is 98.7 Å². The number of aliphatic carboxylic acids is 1. The molecule has 0 radical (unpaired) electrons. The Balaban J connectivity index is 2.08. The molecular weight excluding hydrogens is 250 g/mol. The van der Waals surface area contributed by atoms with Gasteiger partial charge in [0.1, 0.15) is 0 Å². The highest BCUT2D eigenvalue weighted by molar-refractivity contribution is 5.80.